The zero-order valence-electron chi connectivity index (χ0n) is 19.5. The van der Waals surface area contributed by atoms with Crippen LogP contribution in [-0.2, 0) is 16.0 Å². The van der Waals surface area contributed by atoms with Crippen LogP contribution in [0.5, 0.6) is 11.5 Å². The average Bonchev–Trinajstić information content (AvgIpc) is 3.32. The van der Waals surface area contributed by atoms with Gasteiger partial charge in [-0.2, -0.15) is 0 Å². The van der Waals surface area contributed by atoms with E-state index < -0.39 is 0 Å². The molecule has 1 atom stereocenters. The van der Waals surface area contributed by atoms with Crippen LogP contribution in [0, 0.1) is 0 Å². The topological polar surface area (TPSA) is 80.3 Å². The average molecular weight is 476 g/mol. The van der Waals surface area contributed by atoms with Crippen molar-refractivity contribution in [2.45, 2.75) is 25.8 Å². The van der Waals surface area contributed by atoms with Crippen LogP contribution in [0.2, 0.25) is 0 Å². The first-order chi connectivity index (χ1) is 16.1. The standard InChI is InChI=1S/C24H33N3O5S/c1-4-10-25-24(29)26(12-13-30-2)16-23(28)27-11-8-22-20(9-14-33-22)21(27)17-32-19-7-5-6-18(15-19)31-3/h5-7,9,14-15,21H,4,8,10-13,16-17H2,1-3H3,(H,25,29). The van der Waals surface area contributed by atoms with E-state index in [2.05, 4.69) is 16.8 Å². The Morgan fingerprint density at radius 3 is 2.82 bits per heavy atom. The van der Waals surface area contributed by atoms with Gasteiger partial charge in [0.25, 0.3) is 0 Å². The van der Waals surface area contributed by atoms with Crippen molar-refractivity contribution in [3.8, 4) is 11.5 Å². The van der Waals surface area contributed by atoms with Gasteiger partial charge in [-0.1, -0.05) is 13.0 Å². The van der Waals surface area contributed by atoms with Gasteiger partial charge >= 0.3 is 6.03 Å². The third kappa shape index (κ3) is 6.61. The summed E-state index contributed by atoms with van der Waals surface area (Å²) in [5.41, 5.74) is 1.11. The maximum absolute atomic E-state index is 13.4. The van der Waals surface area contributed by atoms with E-state index in [0.717, 1.165) is 18.4 Å². The number of fused-ring (bicyclic) bond motifs is 1. The van der Waals surface area contributed by atoms with Gasteiger partial charge in [-0.3, -0.25) is 4.79 Å². The molecule has 8 nitrogen and oxygen atoms in total. The maximum Gasteiger partial charge on any atom is 0.317 e. The molecule has 0 aliphatic carbocycles. The van der Waals surface area contributed by atoms with Crippen LogP contribution in [0.1, 0.15) is 29.8 Å². The predicted octanol–water partition coefficient (Wildman–Crippen LogP) is 3.33. The van der Waals surface area contributed by atoms with Gasteiger partial charge in [0.2, 0.25) is 5.91 Å². The molecular formula is C24H33N3O5S. The molecule has 9 heteroatoms. The minimum Gasteiger partial charge on any atom is -0.497 e. The lowest BCUT2D eigenvalue weighted by Crippen LogP contribution is -2.50. The van der Waals surface area contributed by atoms with Gasteiger partial charge in [0.15, 0.2) is 0 Å². The van der Waals surface area contributed by atoms with Crippen molar-refractivity contribution in [2.75, 3.05) is 53.6 Å². The Labute approximate surface area is 199 Å². The van der Waals surface area contributed by atoms with E-state index in [1.54, 1.807) is 25.6 Å². The van der Waals surface area contributed by atoms with Crippen molar-refractivity contribution in [1.29, 1.82) is 0 Å². The molecule has 1 aromatic heterocycles. The number of benzene rings is 1. The highest BCUT2D eigenvalue weighted by Crippen LogP contribution is 2.34. The highest BCUT2D eigenvalue weighted by molar-refractivity contribution is 7.10. The molecule has 3 rings (SSSR count). The second kappa shape index (κ2) is 12.5. The fourth-order valence-corrected chi connectivity index (χ4v) is 4.72. The molecule has 0 radical (unpaired) electrons. The molecule has 0 saturated heterocycles. The summed E-state index contributed by atoms with van der Waals surface area (Å²) < 4.78 is 16.5. The van der Waals surface area contributed by atoms with E-state index >= 15 is 0 Å². The Morgan fingerprint density at radius 2 is 2.06 bits per heavy atom. The third-order valence-electron chi connectivity index (χ3n) is 5.57. The fraction of sp³-hybridized carbons (Fsp3) is 0.500. The van der Waals surface area contributed by atoms with E-state index in [0.29, 0.717) is 44.3 Å². The number of nitrogens with one attached hydrogen (secondary N) is 1. The maximum atomic E-state index is 13.4. The summed E-state index contributed by atoms with van der Waals surface area (Å²) in [6.07, 6.45) is 1.63. The number of thiophene rings is 1. The number of nitrogens with zero attached hydrogens (tertiary/aromatic N) is 2. The number of methoxy groups -OCH3 is 2. The van der Waals surface area contributed by atoms with Crippen LogP contribution in [0.4, 0.5) is 4.79 Å². The Morgan fingerprint density at radius 1 is 1.24 bits per heavy atom. The quantitative estimate of drug-likeness (QED) is 0.539. The van der Waals surface area contributed by atoms with Gasteiger partial charge in [-0.15, -0.1) is 11.3 Å². The fourth-order valence-electron chi connectivity index (χ4n) is 3.79. The first kappa shape index (κ1) is 24.9. The monoisotopic (exact) mass is 475 g/mol. The molecule has 0 fully saturated rings. The SMILES string of the molecule is CCCNC(=O)N(CCOC)CC(=O)N1CCc2sccc2C1COc1cccc(OC)c1. The van der Waals surface area contributed by atoms with Gasteiger partial charge < -0.3 is 29.3 Å². The summed E-state index contributed by atoms with van der Waals surface area (Å²) in [6.45, 7) is 4.17. The Balaban J connectivity index is 1.73. The zero-order valence-corrected chi connectivity index (χ0v) is 20.4. The molecule has 1 unspecified atom stereocenters. The summed E-state index contributed by atoms with van der Waals surface area (Å²) in [5, 5.41) is 4.91. The predicted molar refractivity (Wildman–Crippen MR) is 128 cm³/mol. The van der Waals surface area contributed by atoms with Crippen molar-refractivity contribution in [3.63, 3.8) is 0 Å². The Kier molecular flexibility index (Phi) is 9.38. The molecule has 2 aromatic rings. The molecule has 0 bridgehead atoms. The summed E-state index contributed by atoms with van der Waals surface area (Å²) in [4.78, 5) is 30.6. The summed E-state index contributed by atoms with van der Waals surface area (Å²) in [6, 6.07) is 9.02. The largest absolute Gasteiger partial charge is 0.497 e. The van der Waals surface area contributed by atoms with E-state index in [4.69, 9.17) is 14.2 Å². The molecule has 33 heavy (non-hydrogen) atoms. The molecular weight excluding hydrogens is 442 g/mol. The van der Waals surface area contributed by atoms with E-state index in [-0.39, 0.29) is 24.5 Å². The molecule has 1 N–H and O–H groups in total. The molecule has 1 aromatic carbocycles. The number of rotatable bonds is 11. The third-order valence-corrected chi connectivity index (χ3v) is 6.57. The molecule has 0 spiro atoms. The van der Waals surface area contributed by atoms with E-state index in [1.165, 1.54) is 9.78 Å². The van der Waals surface area contributed by atoms with Crippen molar-refractivity contribution >= 4 is 23.3 Å². The summed E-state index contributed by atoms with van der Waals surface area (Å²) >= 11 is 1.71. The van der Waals surface area contributed by atoms with Crippen molar-refractivity contribution in [2.24, 2.45) is 0 Å². The zero-order chi connectivity index (χ0) is 23.6. The normalized spacial score (nSPS) is 15.0. The minimum atomic E-state index is -0.250. The van der Waals surface area contributed by atoms with E-state index in [1.807, 2.05) is 36.1 Å². The van der Waals surface area contributed by atoms with Crippen LogP contribution in [0.15, 0.2) is 35.7 Å². The smallest absolute Gasteiger partial charge is 0.317 e. The molecule has 1 aliphatic heterocycles. The first-order valence-corrected chi connectivity index (χ1v) is 12.1. The molecule has 2 heterocycles. The highest BCUT2D eigenvalue weighted by Gasteiger charge is 2.33. The highest BCUT2D eigenvalue weighted by atomic mass is 32.1. The number of urea groups is 1. The summed E-state index contributed by atoms with van der Waals surface area (Å²) in [7, 11) is 3.20. The number of ether oxygens (including phenoxy) is 3. The van der Waals surface area contributed by atoms with Crippen LogP contribution < -0.4 is 14.8 Å². The van der Waals surface area contributed by atoms with Gasteiger partial charge in [-0.05, 0) is 42.0 Å². The Bertz CT molecular complexity index is 919. The molecule has 3 amide bonds. The second-order valence-electron chi connectivity index (χ2n) is 7.79. The molecule has 0 saturated carbocycles. The van der Waals surface area contributed by atoms with Crippen molar-refractivity contribution < 1.29 is 23.8 Å². The Hall–Kier alpha value is -2.78. The van der Waals surface area contributed by atoms with Crippen LogP contribution >= 0.6 is 11.3 Å². The number of hydrogen-bond donors (Lipinski definition) is 1. The van der Waals surface area contributed by atoms with E-state index in [9.17, 15) is 9.59 Å². The van der Waals surface area contributed by atoms with Crippen molar-refractivity contribution in [3.05, 3.63) is 46.2 Å². The van der Waals surface area contributed by atoms with Gasteiger partial charge in [0.05, 0.1) is 19.8 Å². The number of carbonyl (C=O) groups excluding carboxylic acids is 2. The number of carbonyl (C=O) groups is 2. The van der Waals surface area contributed by atoms with Crippen LogP contribution in [0.3, 0.4) is 0 Å². The number of hydrogen-bond acceptors (Lipinski definition) is 6. The van der Waals surface area contributed by atoms with Crippen molar-refractivity contribution in [1.82, 2.24) is 15.1 Å². The van der Waals surface area contributed by atoms with Gasteiger partial charge in [-0.25, -0.2) is 4.79 Å². The molecule has 180 valence electrons. The van der Waals surface area contributed by atoms with Gasteiger partial charge in [0.1, 0.15) is 24.7 Å². The minimum absolute atomic E-state index is 0.00591. The van der Waals surface area contributed by atoms with Crippen LogP contribution in [0.25, 0.3) is 0 Å². The summed E-state index contributed by atoms with van der Waals surface area (Å²) in [5.74, 6) is 1.30. The second-order valence-corrected chi connectivity index (χ2v) is 8.79. The number of amides is 3. The lowest BCUT2D eigenvalue weighted by Gasteiger charge is -2.37. The van der Waals surface area contributed by atoms with Gasteiger partial charge in [0, 0.05) is 37.7 Å². The lowest BCUT2D eigenvalue weighted by atomic mass is 10.0. The molecule has 1 aliphatic rings. The first-order valence-electron chi connectivity index (χ1n) is 11.2. The van der Waals surface area contributed by atoms with Crippen LogP contribution in [-0.4, -0.2) is 75.4 Å². The lowest BCUT2D eigenvalue weighted by molar-refractivity contribution is -0.135.